The molecule has 1 fully saturated rings. The molecule has 10 heteroatoms. The number of hydrogen-bond acceptors (Lipinski definition) is 6. The topological polar surface area (TPSA) is 118 Å². The van der Waals surface area contributed by atoms with E-state index in [1.165, 1.54) is 36.4 Å². The van der Waals surface area contributed by atoms with Crippen LogP contribution in [-0.2, 0) is 9.59 Å². The van der Waals surface area contributed by atoms with Crippen LogP contribution < -0.4 is 0 Å². The van der Waals surface area contributed by atoms with Crippen LogP contribution in [0, 0.1) is 10.1 Å². The summed E-state index contributed by atoms with van der Waals surface area (Å²) in [6, 6.07) is 10.6. The zero-order valence-corrected chi connectivity index (χ0v) is 16.4. The van der Waals surface area contributed by atoms with Crippen molar-refractivity contribution in [3.8, 4) is 0 Å². The van der Waals surface area contributed by atoms with E-state index in [0.717, 1.165) is 17.1 Å². The van der Waals surface area contributed by atoms with Crippen LogP contribution in [-0.4, -0.2) is 45.0 Å². The van der Waals surface area contributed by atoms with E-state index in [-0.39, 0.29) is 29.7 Å². The second-order valence-electron chi connectivity index (χ2n) is 6.55. The molecule has 154 valence electrons. The first-order valence-corrected chi connectivity index (χ1v) is 9.36. The number of carbonyl (C=O) groups excluding carboxylic acids is 4. The van der Waals surface area contributed by atoms with Crippen LogP contribution >= 0.6 is 11.6 Å². The highest BCUT2D eigenvalue weighted by atomic mass is 35.5. The number of ketones is 1. The van der Waals surface area contributed by atoms with Crippen LogP contribution in [0.2, 0.25) is 5.02 Å². The predicted octanol–water partition coefficient (Wildman–Crippen LogP) is 3.03. The Morgan fingerprint density at radius 1 is 0.967 bits per heavy atom. The summed E-state index contributed by atoms with van der Waals surface area (Å²) in [5.41, 5.74) is 0.0514. The number of piperidine rings is 1. The zero-order valence-electron chi connectivity index (χ0n) is 15.6. The molecule has 2 aromatic rings. The number of imide groups is 1. The van der Waals surface area contributed by atoms with Crippen molar-refractivity contribution in [2.45, 2.75) is 19.3 Å². The van der Waals surface area contributed by atoms with E-state index < -0.39 is 35.0 Å². The Morgan fingerprint density at radius 2 is 1.50 bits per heavy atom. The molecule has 1 aliphatic heterocycles. The van der Waals surface area contributed by atoms with Gasteiger partial charge in [0.25, 0.3) is 11.6 Å². The smallest absolute Gasteiger partial charge is 0.273 e. The van der Waals surface area contributed by atoms with Gasteiger partial charge in [0.05, 0.1) is 4.92 Å². The largest absolute Gasteiger partial charge is 0.292 e. The fraction of sp³-hybridized carbons (Fsp3) is 0.200. The number of amides is 3. The number of carbonyl (C=O) groups is 4. The minimum absolute atomic E-state index is 0.0713. The maximum absolute atomic E-state index is 13.1. The molecule has 1 saturated heterocycles. The standard InChI is InChI=1S/C20H16ClN3O6/c21-15-8-4-14(5-9-15)20(28)22(23-18(26)2-1-3-19(23)27)12-17(25)13-6-10-16(11-7-13)24(29)30/h4-11H,1-3,12H2. The molecule has 0 atom stereocenters. The van der Waals surface area contributed by atoms with Crippen LogP contribution in [0.4, 0.5) is 5.69 Å². The van der Waals surface area contributed by atoms with Crippen LogP contribution in [0.1, 0.15) is 40.0 Å². The van der Waals surface area contributed by atoms with Gasteiger partial charge in [-0.1, -0.05) is 11.6 Å². The molecule has 9 nitrogen and oxygen atoms in total. The number of hydrogen-bond donors (Lipinski definition) is 0. The van der Waals surface area contributed by atoms with Crippen molar-refractivity contribution in [1.82, 2.24) is 10.0 Å². The first-order valence-electron chi connectivity index (χ1n) is 8.98. The third-order valence-electron chi connectivity index (χ3n) is 4.51. The second kappa shape index (κ2) is 8.83. The predicted molar refractivity (Wildman–Crippen MR) is 106 cm³/mol. The molecule has 0 bridgehead atoms. The van der Waals surface area contributed by atoms with E-state index in [1.807, 2.05) is 0 Å². The van der Waals surface area contributed by atoms with E-state index in [1.54, 1.807) is 0 Å². The average molecular weight is 430 g/mol. The molecule has 1 heterocycles. The average Bonchev–Trinajstić information content (AvgIpc) is 2.73. The molecule has 0 unspecified atom stereocenters. The maximum atomic E-state index is 13.1. The molecule has 0 aromatic heterocycles. The maximum Gasteiger partial charge on any atom is 0.273 e. The molecule has 0 aliphatic carbocycles. The highest BCUT2D eigenvalue weighted by Gasteiger charge is 2.36. The first-order chi connectivity index (χ1) is 14.3. The molecular formula is C20H16ClN3O6. The number of benzene rings is 2. The molecule has 0 saturated carbocycles. The van der Waals surface area contributed by atoms with Crippen LogP contribution in [0.5, 0.6) is 0 Å². The summed E-state index contributed by atoms with van der Waals surface area (Å²) in [4.78, 5) is 60.7. The van der Waals surface area contributed by atoms with Crippen molar-refractivity contribution >= 4 is 40.8 Å². The minimum Gasteiger partial charge on any atom is -0.292 e. The Kier molecular flexibility index (Phi) is 6.22. The fourth-order valence-electron chi connectivity index (χ4n) is 2.98. The molecule has 3 rings (SSSR count). The summed E-state index contributed by atoms with van der Waals surface area (Å²) in [6.07, 6.45) is 0.511. The van der Waals surface area contributed by atoms with Gasteiger partial charge in [0.1, 0.15) is 6.54 Å². The van der Waals surface area contributed by atoms with Gasteiger partial charge in [-0.15, -0.1) is 0 Å². The lowest BCUT2D eigenvalue weighted by Gasteiger charge is -2.35. The molecule has 0 radical (unpaired) electrons. The normalized spacial score (nSPS) is 13.8. The van der Waals surface area contributed by atoms with Gasteiger partial charge in [-0.05, 0) is 42.8 Å². The van der Waals surface area contributed by atoms with Gasteiger partial charge in [-0.3, -0.25) is 29.3 Å². The van der Waals surface area contributed by atoms with Gasteiger partial charge in [-0.25, -0.2) is 5.01 Å². The van der Waals surface area contributed by atoms with Crippen LogP contribution in [0.3, 0.4) is 0 Å². The Morgan fingerprint density at radius 3 is 2.03 bits per heavy atom. The Balaban J connectivity index is 1.92. The van der Waals surface area contributed by atoms with Crippen molar-refractivity contribution in [2.75, 3.05) is 6.54 Å². The van der Waals surface area contributed by atoms with Gasteiger partial charge in [0, 0.05) is 41.1 Å². The molecule has 0 spiro atoms. The summed E-state index contributed by atoms with van der Waals surface area (Å²) in [7, 11) is 0. The van der Waals surface area contributed by atoms with E-state index in [0.29, 0.717) is 16.5 Å². The summed E-state index contributed by atoms with van der Waals surface area (Å²) in [5, 5.41) is 12.7. The lowest BCUT2D eigenvalue weighted by Crippen LogP contribution is -2.56. The Bertz CT molecular complexity index is 1000. The van der Waals surface area contributed by atoms with Gasteiger partial charge in [-0.2, -0.15) is 5.01 Å². The second-order valence-corrected chi connectivity index (χ2v) is 6.99. The minimum atomic E-state index is -0.717. The van der Waals surface area contributed by atoms with Crippen molar-refractivity contribution < 1.29 is 24.1 Å². The Hall–Kier alpha value is -3.59. The quantitative estimate of drug-likeness (QED) is 0.301. The lowest BCUT2D eigenvalue weighted by molar-refractivity contribution is -0.384. The molecule has 0 N–H and O–H groups in total. The van der Waals surface area contributed by atoms with Crippen molar-refractivity contribution in [2.24, 2.45) is 0 Å². The van der Waals surface area contributed by atoms with Crippen molar-refractivity contribution in [3.05, 3.63) is 74.8 Å². The number of nitro groups is 1. The van der Waals surface area contributed by atoms with Gasteiger partial charge < -0.3 is 0 Å². The molecule has 2 aromatic carbocycles. The first kappa shape index (κ1) is 21.1. The monoisotopic (exact) mass is 429 g/mol. The Labute approximate surface area is 175 Å². The summed E-state index contributed by atoms with van der Waals surface area (Å²) >= 11 is 5.84. The van der Waals surface area contributed by atoms with E-state index in [4.69, 9.17) is 11.6 Å². The highest BCUT2D eigenvalue weighted by Crippen LogP contribution is 2.20. The highest BCUT2D eigenvalue weighted by molar-refractivity contribution is 6.30. The zero-order chi connectivity index (χ0) is 21.8. The number of halogens is 1. The third kappa shape index (κ3) is 4.52. The molecular weight excluding hydrogens is 414 g/mol. The van der Waals surface area contributed by atoms with Gasteiger partial charge in [0.15, 0.2) is 5.78 Å². The number of Topliss-reactive ketones (excluding diaryl/α,β-unsaturated/α-hetero) is 1. The van der Waals surface area contributed by atoms with Crippen LogP contribution in [0.15, 0.2) is 48.5 Å². The molecule has 3 amide bonds. The van der Waals surface area contributed by atoms with Gasteiger partial charge >= 0.3 is 0 Å². The van der Waals surface area contributed by atoms with E-state index in [2.05, 4.69) is 0 Å². The number of hydrazine groups is 1. The number of nitro benzene ring substituents is 1. The number of rotatable bonds is 6. The summed E-state index contributed by atoms with van der Waals surface area (Å²) in [5.74, 6) is -2.46. The summed E-state index contributed by atoms with van der Waals surface area (Å²) < 4.78 is 0. The van der Waals surface area contributed by atoms with Crippen LogP contribution in [0.25, 0.3) is 0 Å². The van der Waals surface area contributed by atoms with Crippen molar-refractivity contribution in [1.29, 1.82) is 0 Å². The summed E-state index contributed by atoms with van der Waals surface area (Å²) in [6.45, 7) is -0.587. The fourth-order valence-corrected chi connectivity index (χ4v) is 3.11. The third-order valence-corrected chi connectivity index (χ3v) is 4.77. The van der Waals surface area contributed by atoms with Gasteiger partial charge in [0.2, 0.25) is 11.8 Å². The van der Waals surface area contributed by atoms with E-state index in [9.17, 15) is 29.3 Å². The molecule has 1 aliphatic rings. The molecule has 30 heavy (non-hydrogen) atoms. The van der Waals surface area contributed by atoms with E-state index >= 15 is 0 Å². The SMILES string of the molecule is O=C(CN(C(=O)c1ccc(Cl)cc1)N1C(=O)CCCC1=O)c1ccc([N+](=O)[O-])cc1. The van der Waals surface area contributed by atoms with Crippen molar-refractivity contribution in [3.63, 3.8) is 0 Å². The lowest BCUT2D eigenvalue weighted by atomic mass is 10.1. The number of nitrogens with zero attached hydrogens (tertiary/aromatic N) is 3. The number of non-ortho nitro benzene ring substituents is 1.